The van der Waals surface area contributed by atoms with Crippen LogP contribution in [0.4, 0.5) is 15.4 Å². The number of thiazole rings is 1. The topological polar surface area (TPSA) is 110 Å². The standard InChI is InChI=1S/C21H22N6O4S/c1-14-23-13-18(32-14)17-11-15(5-6-22-17)31-16-3-4-19(24-12-16)25-20(28)27-8-7-26(21(27)29)9-10-30-2/h3-6,11-13H,7-10H2,1-2H3,(H,24,25,28). The minimum Gasteiger partial charge on any atom is -0.456 e. The van der Waals surface area contributed by atoms with Crippen LogP contribution in [-0.2, 0) is 4.74 Å². The molecule has 3 aromatic rings. The number of methoxy groups -OCH3 is 1. The summed E-state index contributed by atoms with van der Waals surface area (Å²) in [5, 5.41) is 3.61. The van der Waals surface area contributed by atoms with E-state index in [0.717, 1.165) is 20.5 Å². The summed E-state index contributed by atoms with van der Waals surface area (Å²) in [7, 11) is 1.57. The molecule has 32 heavy (non-hydrogen) atoms. The lowest BCUT2D eigenvalue weighted by molar-refractivity contribution is 0.156. The predicted octanol–water partition coefficient (Wildman–Crippen LogP) is 3.62. The van der Waals surface area contributed by atoms with Crippen LogP contribution in [0.1, 0.15) is 5.01 Å². The van der Waals surface area contributed by atoms with Crippen LogP contribution in [0.2, 0.25) is 0 Å². The van der Waals surface area contributed by atoms with Gasteiger partial charge >= 0.3 is 12.1 Å². The van der Waals surface area contributed by atoms with Crippen LogP contribution in [-0.4, -0.2) is 70.2 Å². The summed E-state index contributed by atoms with van der Waals surface area (Å²) in [6.45, 7) is 3.61. The number of imide groups is 1. The third kappa shape index (κ3) is 5.01. The van der Waals surface area contributed by atoms with Crippen LogP contribution in [0.5, 0.6) is 11.5 Å². The van der Waals surface area contributed by atoms with Crippen LogP contribution < -0.4 is 10.1 Å². The van der Waals surface area contributed by atoms with Gasteiger partial charge in [-0.1, -0.05) is 0 Å². The van der Waals surface area contributed by atoms with Crippen molar-refractivity contribution >= 4 is 29.2 Å². The second-order valence-corrected chi connectivity index (χ2v) is 8.18. The quantitative estimate of drug-likeness (QED) is 0.581. The Kier molecular flexibility index (Phi) is 6.57. The smallest absolute Gasteiger partial charge is 0.331 e. The Morgan fingerprint density at radius 2 is 2.03 bits per heavy atom. The Balaban J connectivity index is 1.36. The van der Waals surface area contributed by atoms with E-state index in [9.17, 15) is 9.59 Å². The van der Waals surface area contributed by atoms with E-state index in [4.69, 9.17) is 9.47 Å². The van der Waals surface area contributed by atoms with Gasteiger partial charge in [-0.15, -0.1) is 11.3 Å². The lowest BCUT2D eigenvalue weighted by Gasteiger charge is -2.17. The number of nitrogens with zero attached hydrogens (tertiary/aromatic N) is 5. The fourth-order valence-electron chi connectivity index (χ4n) is 3.10. The van der Waals surface area contributed by atoms with E-state index in [2.05, 4.69) is 20.3 Å². The maximum absolute atomic E-state index is 12.4. The predicted molar refractivity (Wildman–Crippen MR) is 119 cm³/mol. The zero-order chi connectivity index (χ0) is 22.5. The number of carbonyl (C=O) groups excluding carboxylic acids is 2. The molecule has 0 atom stereocenters. The van der Waals surface area contributed by atoms with Gasteiger partial charge in [-0.25, -0.2) is 24.5 Å². The molecule has 0 aliphatic carbocycles. The van der Waals surface area contributed by atoms with Gasteiger partial charge in [0.2, 0.25) is 0 Å². The van der Waals surface area contributed by atoms with E-state index < -0.39 is 6.03 Å². The lowest BCUT2D eigenvalue weighted by atomic mass is 10.3. The number of urea groups is 2. The molecule has 1 N–H and O–H groups in total. The second kappa shape index (κ2) is 9.71. The summed E-state index contributed by atoms with van der Waals surface area (Å²) in [5.74, 6) is 1.43. The first-order chi connectivity index (χ1) is 15.5. The zero-order valence-corrected chi connectivity index (χ0v) is 18.5. The average Bonchev–Trinajstić information content (AvgIpc) is 3.39. The minimum atomic E-state index is -0.519. The van der Waals surface area contributed by atoms with Crippen LogP contribution in [0, 0.1) is 6.92 Å². The van der Waals surface area contributed by atoms with Gasteiger partial charge in [0.25, 0.3) is 0 Å². The van der Waals surface area contributed by atoms with Gasteiger partial charge in [0.05, 0.1) is 28.4 Å². The zero-order valence-electron chi connectivity index (χ0n) is 17.6. The highest BCUT2D eigenvalue weighted by molar-refractivity contribution is 7.15. The number of ether oxygens (including phenoxy) is 2. The second-order valence-electron chi connectivity index (χ2n) is 6.95. The van der Waals surface area contributed by atoms with Crippen LogP contribution in [0.15, 0.2) is 42.9 Å². The van der Waals surface area contributed by atoms with Gasteiger partial charge < -0.3 is 14.4 Å². The molecule has 11 heteroatoms. The number of amides is 4. The molecule has 0 spiro atoms. The van der Waals surface area contributed by atoms with Crippen LogP contribution in [0.25, 0.3) is 10.6 Å². The largest absolute Gasteiger partial charge is 0.456 e. The Labute approximate surface area is 188 Å². The summed E-state index contributed by atoms with van der Waals surface area (Å²) >= 11 is 1.56. The molecule has 0 radical (unpaired) electrons. The first kappa shape index (κ1) is 21.7. The van der Waals surface area contributed by atoms with Gasteiger partial charge in [-0.2, -0.15) is 0 Å². The van der Waals surface area contributed by atoms with E-state index in [1.165, 1.54) is 6.20 Å². The summed E-state index contributed by atoms with van der Waals surface area (Å²) in [6, 6.07) is 6.03. The Morgan fingerprint density at radius 3 is 2.75 bits per heavy atom. The van der Waals surface area contributed by atoms with Crippen molar-refractivity contribution in [1.29, 1.82) is 0 Å². The molecule has 3 aromatic heterocycles. The fraction of sp³-hybridized carbons (Fsp3) is 0.286. The molecule has 0 bridgehead atoms. The average molecular weight is 455 g/mol. The Hall–Kier alpha value is -3.57. The molecular weight excluding hydrogens is 432 g/mol. The van der Waals surface area contributed by atoms with Gasteiger partial charge in [-0.05, 0) is 25.1 Å². The molecule has 4 rings (SSSR count). The number of pyridine rings is 2. The molecule has 4 heterocycles. The molecule has 0 unspecified atom stereocenters. The summed E-state index contributed by atoms with van der Waals surface area (Å²) in [5.41, 5.74) is 0.778. The summed E-state index contributed by atoms with van der Waals surface area (Å²) in [6.07, 6.45) is 4.96. The van der Waals surface area contributed by atoms with Crippen molar-refractivity contribution in [1.82, 2.24) is 24.8 Å². The highest BCUT2D eigenvalue weighted by Gasteiger charge is 2.32. The number of nitrogens with one attached hydrogen (secondary N) is 1. The molecule has 4 amide bonds. The van der Waals surface area contributed by atoms with Crippen LogP contribution in [0.3, 0.4) is 0 Å². The minimum absolute atomic E-state index is 0.319. The van der Waals surface area contributed by atoms with Crippen molar-refractivity contribution in [2.75, 3.05) is 38.7 Å². The van der Waals surface area contributed by atoms with Crippen molar-refractivity contribution in [3.8, 4) is 22.1 Å². The summed E-state index contributed by atoms with van der Waals surface area (Å²) in [4.78, 5) is 41.3. The van der Waals surface area contributed by atoms with E-state index in [-0.39, 0.29) is 6.03 Å². The molecule has 10 nitrogen and oxygen atoms in total. The lowest BCUT2D eigenvalue weighted by Crippen LogP contribution is -2.39. The van der Waals surface area contributed by atoms with Gasteiger partial charge in [-0.3, -0.25) is 10.3 Å². The van der Waals surface area contributed by atoms with Gasteiger partial charge in [0.15, 0.2) is 0 Å². The van der Waals surface area contributed by atoms with Gasteiger partial charge in [0, 0.05) is 45.2 Å². The van der Waals surface area contributed by atoms with E-state index in [1.54, 1.807) is 53.9 Å². The molecule has 1 aliphatic rings. The van der Waals surface area contributed by atoms with Crippen molar-refractivity contribution in [2.24, 2.45) is 0 Å². The Bertz CT molecular complexity index is 1100. The molecule has 166 valence electrons. The van der Waals surface area contributed by atoms with Crippen molar-refractivity contribution in [3.05, 3.63) is 47.9 Å². The normalized spacial score (nSPS) is 13.5. The fourth-order valence-corrected chi connectivity index (χ4v) is 3.84. The number of aromatic nitrogens is 3. The highest BCUT2D eigenvalue weighted by atomic mass is 32.1. The maximum Gasteiger partial charge on any atom is 0.331 e. The monoisotopic (exact) mass is 454 g/mol. The van der Waals surface area contributed by atoms with E-state index in [0.29, 0.717) is 43.6 Å². The van der Waals surface area contributed by atoms with E-state index >= 15 is 0 Å². The molecule has 1 saturated heterocycles. The molecule has 1 aliphatic heterocycles. The van der Waals surface area contributed by atoms with Crippen molar-refractivity contribution < 1.29 is 19.1 Å². The molecule has 0 saturated carbocycles. The first-order valence-corrected chi connectivity index (χ1v) is 10.7. The van der Waals surface area contributed by atoms with Crippen molar-refractivity contribution in [2.45, 2.75) is 6.92 Å². The number of aryl methyl sites for hydroxylation is 1. The molecule has 0 aromatic carbocycles. The van der Waals surface area contributed by atoms with Crippen LogP contribution >= 0.6 is 11.3 Å². The number of carbonyl (C=O) groups is 2. The van der Waals surface area contributed by atoms with E-state index in [1.807, 2.05) is 13.0 Å². The first-order valence-electron chi connectivity index (χ1n) is 9.92. The molecular formula is C21H22N6O4S. The highest BCUT2D eigenvalue weighted by Crippen LogP contribution is 2.28. The third-order valence-electron chi connectivity index (χ3n) is 4.72. The number of hydrogen-bond donors (Lipinski definition) is 1. The van der Waals surface area contributed by atoms with Crippen molar-refractivity contribution in [3.63, 3.8) is 0 Å². The number of anilines is 1. The van der Waals surface area contributed by atoms with Gasteiger partial charge in [0.1, 0.15) is 17.3 Å². The summed E-state index contributed by atoms with van der Waals surface area (Å²) < 4.78 is 10.8. The number of hydrogen-bond acceptors (Lipinski definition) is 8. The molecule has 1 fully saturated rings. The maximum atomic E-state index is 12.4. The Morgan fingerprint density at radius 1 is 1.16 bits per heavy atom. The third-order valence-corrected chi connectivity index (χ3v) is 5.65. The SMILES string of the molecule is COCCN1CCN(C(=O)Nc2ccc(Oc3ccnc(-c4cnc(C)s4)c3)cn2)C1=O. The number of rotatable bonds is 7.